The second-order valence-corrected chi connectivity index (χ2v) is 9.18. The number of hydrogen-bond donors (Lipinski definition) is 0. The molecule has 0 N–H and O–H groups in total. The van der Waals surface area contributed by atoms with E-state index in [9.17, 15) is 0 Å². The van der Waals surface area contributed by atoms with Crippen LogP contribution in [0.5, 0.6) is 0 Å². The predicted molar refractivity (Wildman–Crippen MR) is 163 cm³/mol. The smallest absolute Gasteiger partial charge is 0.0919 e. The van der Waals surface area contributed by atoms with Gasteiger partial charge in [-0.3, -0.25) is 0 Å². The van der Waals surface area contributed by atoms with E-state index in [0.29, 0.717) is 0 Å². The molecule has 0 saturated heterocycles. The Balaban J connectivity index is 1.49. The summed E-state index contributed by atoms with van der Waals surface area (Å²) in [4.78, 5) is 4.31. The van der Waals surface area contributed by atoms with Crippen molar-refractivity contribution in [1.82, 2.24) is 0 Å². The molecule has 0 spiro atoms. The highest BCUT2D eigenvalue weighted by atomic mass is 15.1. The van der Waals surface area contributed by atoms with Crippen LogP contribution in [0.1, 0.15) is 6.92 Å². The Kier molecular flexibility index (Phi) is 7.39. The third-order valence-electron chi connectivity index (χ3n) is 6.69. The zero-order chi connectivity index (χ0) is 26.3. The van der Waals surface area contributed by atoms with Crippen LogP contribution >= 0.6 is 0 Å². The van der Waals surface area contributed by atoms with Crippen LogP contribution < -0.4 is 9.80 Å². The summed E-state index contributed by atoms with van der Waals surface area (Å²) < 4.78 is 0. The molecule has 2 heteroatoms. The quantitative estimate of drug-likeness (QED) is 0.166. The van der Waals surface area contributed by atoms with Crippen LogP contribution in [0.2, 0.25) is 0 Å². The highest BCUT2D eigenvalue weighted by Crippen LogP contribution is 2.32. The van der Waals surface area contributed by atoms with Gasteiger partial charge in [0.2, 0.25) is 0 Å². The average Bonchev–Trinajstić information content (AvgIpc) is 2.98. The van der Waals surface area contributed by atoms with Gasteiger partial charge in [-0.1, -0.05) is 96.9 Å². The molecule has 0 aliphatic rings. The molecule has 0 radical (unpaired) electrons. The van der Waals surface area contributed by atoms with Crippen molar-refractivity contribution >= 4 is 27.8 Å². The Morgan fingerprint density at radius 1 is 0.605 bits per heavy atom. The minimum Gasteiger partial charge on any atom is -0.338 e. The SMILES string of the molecule is C#C/C(=C\C=C(/C)N(c1ccccc1)c1ccc2ccccc2c1)N(C)c1cccc(-c2ccccc2)c1. The minimum absolute atomic E-state index is 0.779. The molecule has 0 bridgehead atoms. The van der Waals surface area contributed by atoms with E-state index in [1.54, 1.807) is 0 Å². The number of nitrogens with zero attached hydrogens (tertiary/aromatic N) is 2. The Morgan fingerprint density at radius 3 is 1.97 bits per heavy atom. The second-order valence-electron chi connectivity index (χ2n) is 9.18. The largest absolute Gasteiger partial charge is 0.338 e. The molecule has 0 aliphatic heterocycles. The zero-order valence-electron chi connectivity index (χ0n) is 21.8. The molecular formula is C36H30N2. The van der Waals surface area contributed by atoms with Crippen LogP contribution in [0.25, 0.3) is 21.9 Å². The van der Waals surface area contributed by atoms with Crippen molar-refractivity contribution in [1.29, 1.82) is 0 Å². The molecule has 0 fully saturated rings. The third kappa shape index (κ3) is 5.38. The van der Waals surface area contributed by atoms with Gasteiger partial charge in [0.1, 0.15) is 0 Å². The van der Waals surface area contributed by atoms with Gasteiger partial charge < -0.3 is 9.80 Å². The number of anilines is 3. The second kappa shape index (κ2) is 11.4. The molecule has 184 valence electrons. The summed E-state index contributed by atoms with van der Waals surface area (Å²) >= 11 is 0. The molecule has 5 rings (SSSR count). The van der Waals surface area contributed by atoms with Crippen LogP contribution in [-0.2, 0) is 0 Å². The third-order valence-corrected chi connectivity index (χ3v) is 6.69. The number of hydrogen-bond acceptors (Lipinski definition) is 2. The maximum atomic E-state index is 6.00. The summed E-state index contributed by atoms with van der Waals surface area (Å²) in [6.07, 6.45) is 10.1. The predicted octanol–water partition coefficient (Wildman–Crippen LogP) is 9.20. The van der Waals surface area contributed by atoms with Gasteiger partial charge in [-0.2, -0.15) is 0 Å². The first-order valence-electron chi connectivity index (χ1n) is 12.7. The van der Waals surface area contributed by atoms with E-state index in [2.05, 4.69) is 144 Å². The molecule has 5 aromatic carbocycles. The molecule has 0 saturated carbocycles. The molecule has 0 aliphatic carbocycles. The summed E-state index contributed by atoms with van der Waals surface area (Å²) in [7, 11) is 2.01. The first kappa shape index (κ1) is 24.7. The van der Waals surface area contributed by atoms with Gasteiger partial charge in [0.25, 0.3) is 0 Å². The van der Waals surface area contributed by atoms with E-state index in [-0.39, 0.29) is 0 Å². The minimum atomic E-state index is 0.779. The van der Waals surface area contributed by atoms with Crippen LogP contribution in [0.4, 0.5) is 17.1 Å². The van der Waals surface area contributed by atoms with Crippen LogP contribution in [0.3, 0.4) is 0 Å². The first-order chi connectivity index (χ1) is 18.6. The van der Waals surface area contributed by atoms with E-state index in [4.69, 9.17) is 6.42 Å². The fraction of sp³-hybridized carbons (Fsp3) is 0.0556. The Morgan fingerprint density at radius 2 is 1.24 bits per heavy atom. The van der Waals surface area contributed by atoms with E-state index >= 15 is 0 Å². The fourth-order valence-corrected chi connectivity index (χ4v) is 4.64. The van der Waals surface area contributed by atoms with Gasteiger partial charge in [-0.05, 0) is 77.4 Å². The lowest BCUT2D eigenvalue weighted by Gasteiger charge is -2.26. The number of allylic oxidation sites excluding steroid dienone is 4. The van der Waals surface area contributed by atoms with Crippen molar-refractivity contribution in [2.24, 2.45) is 0 Å². The highest BCUT2D eigenvalue weighted by Gasteiger charge is 2.12. The van der Waals surface area contributed by atoms with Crippen molar-refractivity contribution in [2.45, 2.75) is 6.92 Å². The lowest BCUT2D eigenvalue weighted by atomic mass is 10.0. The molecule has 38 heavy (non-hydrogen) atoms. The normalized spacial score (nSPS) is 11.7. The van der Waals surface area contributed by atoms with Gasteiger partial charge in [0.15, 0.2) is 0 Å². The molecule has 0 atom stereocenters. The maximum absolute atomic E-state index is 6.00. The number of rotatable bonds is 7. The molecule has 0 amide bonds. The Hall–Kier alpha value is -5.00. The Labute approximate surface area is 225 Å². The molecule has 0 aromatic heterocycles. The van der Waals surface area contributed by atoms with Gasteiger partial charge >= 0.3 is 0 Å². The molecule has 0 unspecified atom stereocenters. The van der Waals surface area contributed by atoms with Crippen molar-refractivity contribution in [3.63, 3.8) is 0 Å². The van der Waals surface area contributed by atoms with Crippen molar-refractivity contribution in [3.8, 4) is 23.5 Å². The first-order valence-corrected chi connectivity index (χ1v) is 12.7. The number of benzene rings is 5. The van der Waals surface area contributed by atoms with E-state index < -0.39 is 0 Å². The Bertz CT molecular complexity index is 1640. The summed E-state index contributed by atoms with van der Waals surface area (Å²) in [5.74, 6) is 2.88. The standard InChI is InChI=1S/C36H30N2/c1-4-33(37(3)35-21-13-18-32(26-35)29-14-7-5-8-15-29)24-22-28(2)38(34-19-9-6-10-20-34)36-25-23-30-16-11-12-17-31(30)27-36/h1,5-27H,2-3H3/b28-22+,33-24+. The molecule has 2 nitrogen and oxygen atoms in total. The van der Waals surface area contributed by atoms with Crippen molar-refractivity contribution in [3.05, 3.63) is 151 Å². The highest BCUT2D eigenvalue weighted by molar-refractivity contribution is 5.87. The summed E-state index contributed by atoms with van der Waals surface area (Å²) in [5, 5.41) is 2.43. The number of para-hydroxylation sites is 1. The maximum Gasteiger partial charge on any atom is 0.0919 e. The lowest BCUT2D eigenvalue weighted by Crippen LogP contribution is -2.16. The van der Waals surface area contributed by atoms with Gasteiger partial charge in [0.05, 0.1) is 5.70 Å². The fourth-order valence-electron chi connectivity index (χ4n) is 4.64. The van der Waals surface area contributed by atoms with E-state index in [0.717, 1.165) is 34.0 Å². The molecular weight excluding hydrogens is 460 g/mol. The summed E-state index contributed by atoms with van der Waals surface area (Å²) in [6, 6.07) is 44.2. The van der Waals surface area contributed by atoms with Crippen molar-refractivity contribution in [2.75, 3.05) is 16.8 Å². The number of terminal acetylenes is 1. The monoisotopic (exact) mass is 490 g/mol. The lowest BCUT2D eigenvalue weighted by molar-refractivity contribution is 1.14. The molecule has 5 aromatic rings. The van der Waals surface area contributed by atoms with E-state index in [1.807, 2.05) is 25.3 Å². The van der Waals surface area contributed by atoms with Gasteiger partial charge in [0, 0.05) is 29.8 Å². The molecule has 0 heterocycles. The van der Waals surface area contributed by atoms with Crippen molar-refractivity contribution < 1.29 is 0 Å². The van der Waals surface area contributed by atoms with Gasteiger partial charge in [-0.15, -0.1) is 6.42 Å². The van der Waals surface area contributed by atoms with Crippen LogP contribution in [-0.4, -0.2) is 7.05 Å². The summed E-state index contributed by atoms with van der Waals surface area (Å²) in [6.45, 7) is 2.11. The zero-order valence-corrected chi connectivity index (χ0v) is 21.8. The van der Waals surface area contributed by atoms with Gasteiger partial charge in [-0.25, -0.2) is 0 Å². The van der Waals surface area contributed by atoms with Crippen LogP contribution in [0.15, 0.2) is 151 Å². The number of fused-ring (bicyclic) bond motifs is 1. The average molecular weight is 491 g/mol. The van der Waals surface area contributed by atoms with E-state index in [1.165, 1.54) is 16.3 Å². The summed E-state index contributed by atoms with van der Waals surface area (Å²) in [5.41, 5.74) is 7.41. The topological polar surface area (TPSA) is 6.48 Å². The van der Waals surface area contributed by atoms with Crippen LogP contribution in [0, 0.1) is 12.3 Å².